The summed E-state index contributed by atoms with van der Waals surface area (Å²) >= 11 is 0. The van der Waals surface area contributed by atoms with Crippen molar-refractivity contribution in [1.82, 2.24) is 35.5 Å². The first kappa shape index (κ1) is 41.1. The fraction of sp³-hybridized carbons (Fsp3) is 0.526. The number of carbonyl (C=O) groups excluding carboxylic acids is 5. The van der Waals surface area contributed by atoms with Gasteiger partial charge in [0.05, 0.1) is 6.04 Å². The Labute approximate surface area is 312 Å². The average Bonchev–Trinajstić information content (AvgIpc) is 3.80. The van der Waals surface area contributed by atoms with Crippen LogP contribution in [0.4, 0.5) is 4.79 Å². The minimum absolute atomic E-state index is 0.0685. The number of hydrogen-bond acceptors (Lipinski definition) is 8. The van der Waals surface area contributed by atoms with Crippen LogP contribution < -0.4 is 21.3 Å². The van der Waals surface area contributed by atoms with Crippen LogP contribution in [0.25, 0.3) is 0 Å². The van der Waals surface area contributed by atoms with E-state index in [1.54, 1.807) is 12.1 Å². The van der Waals surface area contributed by atoms with E-state index in [-0.39, 0.29) is 37.0 Å². The molecule has 53 heavy (non-hydrogen) atoms. The Morgan fingerprint density at radius 1 is 1.02 bits per heavy atom. The van der Waals surface area contributed by atoms with Gasteiger partial charge in [-0.25, -0.2) is 18.2 Å². The zero-order valence-electron chi connectivity index (χ0n) is 31.3. The van der Waals surface area contributed by atoms with Gasteiger partial charge in [-0.3, -0.25) is 19.2 Å². The standard InChI is InChI=1S/C38H53N7O7S/c1-7-14-28(33(46)35(48)40-19-8-2)41-34(47)29-17-13-21-45(29)36(49)32(27-22-25-15-9-10-16-26(25)23-27)43-37(50)42-30(38(3,4)5)24-44(6)53(51,52)31-18-11-12-20-39-31/h8-12,15-16,18,20,27-30,32H,2,7,13-14,17,19,21-24H2,1,3-6H3,(H,40,48)(H,41,47)(H2,42,43,50)/t28?,29-,30+,32-/m0/s1. The van der Waals surface area contributed by atoms with Gasteiger partial charge in [-0.2, -0.15) is 4.31 Å². The van der Waals surface area contributed by atoms with Crippen LogP contribution in [0.5, 0.6) is 0 Å². The molecule has 15 heteroatoms. The number of carbonyl (C=O) groups is 5. The number of benzene rings is 1. The zero-order chi connectivity index (χ0) is 38.9. The molecule has 0 radical (unpaired) electrons. The molecule has 1 unspecified atom stereocenters. The highest BCUT2D eigenvalue weighted by molar-refractivity contribution is 7.89. The lowest BCUT2D eigenvalue weighted by atomic mass is 9.86. The van der Waals surface area contributed by atoms with Gasteiger partial charge in [-0.05, 0) is 66.7 Å². The van der Waals surface area contributed by atoms with Gasteiger partial charge in [0.25, 0.3) is 15.9 Å². The summed E-state index contributed by atoms with van der Waals surface area (Å²) in [6, 6.07) is 8.13. The molecule has 1 aromatic heterocycles. The van der Waals surface area contributed by atoms with Crippen molar-refractivity contribution in [3.05, 3.63) is 72.4 Å². The van der Waals surface area contributed by atoms with Gasteiger partial charge in [-0.15, -0.1) is 6.58 Å². The molecule has 4 rings (SSSR count). The summed E-state index contributed by atoms with van der Waals surface area (Å²) in [5.74, 6) is -2.89. The molecule has 0 spiro atoms. The van der Waals surface area contributed by atoms with E-state index in [0.29, 0.717) is 32.1 Å². The van der Waals surface area contributed by atoms with Gasteiger partial charge in [-0.1, -0.05) is 70.5 Å². The van der Waals surface area contributed by atoms with Gasteiger partial charge in [0.1, 0.15) is 12.1 Å². The van der Waals surface area contributed by atoms with E-state index in [4.69, 9.17) is 0 Å². The van der Waals surface area contributed by atoms with E-state index < -0.39 is 69.1 Å². The van der Waals surface area contributed by atoms with Crippen LogP contribution in [0, 0.1) is 11.3 Å². The van der Waals surface area contributed by atoms with Crippen LogP contribution >= 0.6 is 0 Å². The summed E-state index contributed by atoms with van der Waals surface area (Å²) < 4.78 is 27.7. The molecule has 1 aliphatic carbocycles. The number of rotatable bonds is 16. The number of aromatic nitrogens is 1. The largest absolute Gasteiger partial charge is 0.346 e. The lowest BCUT2D eigenvalue weighted by Crippen LogP contribution is -2.60. The summed E-state index contributed by atoms with van der Waals surface area (Å²) in [6.45, 7) is 11.3. The molecule has 1 fully saturated rings. The van der Waals surface area contributed by atoms with Crippen molar-refractivity contribution in [3.63, 3.8) is 0 Å². The molecule has 0 bridgehead atoms. The molecule has 2 aliphatic rings. The molecule has 1 aliphatic heterocycles. The number of amides is 5. The van der Waals surface area contributed by atoms with Crippen molar-refractivity contribution in [2.45, 2.75) is 95.4 Å². The molecule has 14 nitrogen and oxygen atoms in total. The normalized spacial score (nSPS) is 17.7. The van der Waals surface area contributed by atoms with Crippen LogP contribution in [-0.2, 0) is 42.0 Å². The molecule has 2 aromatic rings. The molecular formula is C38H53N7O7S. The van der Waals surface area contributed by atoms with Crippen molar-refractivity contribution in [2.24, 2.45) is 11.3 Å². The first-order chi connectivity index (χ1) is 25.1. The number of nitrogens with zero attached hydrogens (tertiary/aromatic N) is 3. The monoisotopic (exact) mass is 751 g/mol. The molecule has 5 amide bonds. The van der Waals surface area contributed by atoms with Crippen LogP contribution in [0.2, 0.25) is 0 Å². The molecule has 1 saturated heterocycles. The third-order valence-electron chi connectivity index (χ3n) is 9.89. The van der Waals surface area contributed by atoms with Gasteiger partial charge in [0.2, 0.25) is 17.6 Å². The van der Waals surface area contributed by atoms with E-state index in [9.17, 15) is 32.4 Å². The molecular weight excluding hydrogens is 699 g/mol. The zero-order valence-corrected chi connectivity index (χ0v) is 32.1. The first-order valence-electron chi connectivity index (χ1n) is 18.1. The Bertz CT molecular complexity index is 1740. The van der Waals surface area contributed by atoms with E-state index in [1.807, 2.05) is 52.0 Å². The molecule has 4 atom stereocenters. The number of nitrogens with one attached hydrogen (secondary N) is 4. The second-order valence-corrected chi connectivity index (χ2v) is 16.8. The minimum atomic E-state index is -3.96. The Morgan fingerprint density at radius 2 is 1.68 bits per heavy atom. The van der Waals surface area contributed by atoms with Crippen LogP contribution in [0.1, 0.15) is 64.5 Å². The van der Waals surface area contributed by atoms with Gasteiger partial charge in [0, 0.05) is 38.9 Å². The molecule has 288 valence electrons. The average molecular weight is 752 g/mol. The fourth-order valence-corrected chi connectivity index (χ4v) is 7.93. The number of sulfonamides is 1. The minimum Gasteiger partial charge on any atom is -0.346 e. The number of fused-ring (bicyclic) bond motifs is 1. The quantitative estimate of drug-likeness (QED) is 0.149. The van der Waals surface area contributed by atoms with Crippen molar-refractivity contribution in [1.29, 1.82) is 0 Å². The Hall–Kier alpha value is -4.63. The summed E-state index contributed by atoms with van der Waals surface area (Å²) in [6.07, 6.45) is 5.55. The highest BCUT2D eigenvalue weighted by Crippen LogP contribution is 2.31. The number of Topliss-reactive ketones (excluding diaryl/α,β-unsaturated/α-hetero) is 1. The van der Waals surface area contributed by atoms with E-state index in [0.717, 1.165) is 15.4 Å². The second-order valence-electron chi connectivity index (χ2n) is 14.8. The highest BCUT2D eigenvalue weighted by atomic mass is 32.2. The van der Waals surface area contributed by atoms with E-state index >= 15 is 0 Å². The first-order valence-corrected chi connectivity index (χ1v) is 19.6. The summed E-state index contributed by atoms with van der Waals surface area (Å²) in [5, 5.41) is 10.9. The van der Waals surface area contributed by atoms with E-state index in [1.165, 1.54) is 30.3 Å². The van der Waals surface area contributed by atoms with E-state index in [2.05, 4.69) is 32.8 Å². The molecule has 1 aromatic carbocycles. The number of pyridine rings is 1. The topological polar surface area (TPSA) is 187 Å². The third-order valence-corrected chi connectivity index (χ3v) is 11.6. The lowest BCUT2D eigenvalue weighted by Gasteiger charge is -2.36. The number of likely N-dealkylation sites (tertiary alicyclic amines) is 1. The van der Waals surface area contributed by atoms with Crippen molar-refractivity contribution >= 4 is 39.6 Å². The van der Waals surface area contributed by atoms with Gasteiger partial charge >= 0.3 is 6.03 Å². The maximum atomic E-state index is 14.5. The number of hydrogen-bond donors (Lipinski definition) is 4. The Kier molecular flexibility index (Phi) is 13.9. The molecule has 4 N–H and O–H groups in total. The number of ketones is 1. The summed E-state index contributed by atoms with van der Waals surface area (Å²) in [7, 11) is -2.53. The maximum Gasteiger partial charge on any atom is 0.315 e. The van der Waals surface area contributed by atoms with Gasteiger partial charge < -0.3 is 26.2 Å². The molecule has 2 heterocycles. The fourth-order valence-electron chi connectivity index (χ4n) is 6.82. The summed E-state index contributed by atoms with van der Waals surface area (Å²) in [5.41, 5.74) is 1.54. The number of urea groups is 1. The lowest BCUT2D eigenvalue weighted by molar-refractivity contribution is -0.143. The third kappa shape index (κ3) is 10.3. The predicted octanol–water partition coefficient (Wildman–Crippen LogP) is 2.35. The maximum absolute atomic E-state index is 14.5. The number of likely N-dealkylation sites (N-methyl/N-ethyl adjacent to an activating group) is 1. The van der Waals surface area contributed by atoms with Gasteiger partial charge in [0.15, 0.2) is 5.03 Å². The molecule has 0 saturated carbocycles. The van der Waals surface area contributed by atoms with Crippen LogP contribution in [0.15, 0.2) is 66.3 Å². The van der Waals surface area contributed by atoms with Crippen molar-refractivity contribution in [3.8, 4) is 0 Å². The predicted molar refractivity (Wildman–Crippen MR) is 200 cm³/mol. The highest BCUT2D eigenvalue weighted by Gasteiger charge is 2.43. The Balaban J connectivity index is 1.54. The van der Waals surface area contributed by atoms with Crippen LogP contribution in [0.3, 0.4) is 0 Å². The van der Waals surface area contributed by atoms with Crippen molar-refractivity contribution in [2.75, 3.05) is 26.7 Å². The SMILES string of the molecule is C=CCNC(=O)C(=O)C(CCC)NC(=O)[C@@H]1CCCN1C(=O)[C@@H](NC(=O)N[C@H](CN(C)S(=O)(=O)c1ccccn1)C(C)(C)C)C1Cc2ccccc2C1. The Morgan fingerprint density at radius 3 is 2.26 bits per heavy atom. The van der Waals surface area contributed by atoms with Crippen LogP contribution in [-0.4, -0.2) is 103 Å². The second kappa shape index (κ2) is 17.9. The van der Waals surface area contributed by atoms with Crippen molar-refractivity contribution < 1.29 is 32.4 Å². The smallest absolute Gasteiger partial charge is 0.315 e. The summed E-state index contributed by atoms with van der Waals surface area (Å²) in [4.78, 5) is 72.9.